The largest absolute Gasteiger partial charge is 0.464 e. The third-order valence-corrected chi connectivity index (χ3v) is 6.38. The van der Waals surface area contributed by atoms with Crippen molar-refractivity contribution in [2.45, 2.75) is 70.8 Å². The zero-order chi connectivity index (χ0) is 17.7. The van der Waals surface area contributed by atoms with E-state index in [0.29, 0.717) is 24.9 Å². The van der Waals surface area contributed by atoms with Crippen LogP contribution in [0.5, 0.6) is 0 Å². The fraction of sp³-hybridized carbons (Fsp3) is 0.619. The number of ether oxygens (including phenoxy) is 1. The molecule has 1 aromatic rings. The third kappa shape index (κ3) is 2.76. The third-order valence-electron chi connectivity index (χ3n) is 6.38. The summed E-state index contributed by atoms with van der Waals surface area (Å²) in [5.74, 6) is -0.493. The maximum atomic E-state index is 12.6. The predicted molar refractivity (Wildman–Crippen MR) is 95.3 cm³/mol. The molecule has 4 nitrogen and oxygen atoms in total. The van der Waals surface area contributed by atoms with Gasteiger partial charge in [-0.3, -0.25) is 4.79 Å². The molecule has 4 heteroatoms. The van der Waals surface area contributed by atoms with Crippen LogP contribution in [0.1, 0.15) is 61.8 Å². The van der Waals surface area contributed by atoms with Crippen molar-refractivity contribution >= 4 is 11.9 Å². The molecule has 3 aliphatic carbocycles. The zero-order valence-electron chi connectivity index (χ0n) is 15.2. The minimum Gasteiger partial charge on any atom is -0.464 e. The summed E-state index contributed by atoms with van der Waals surface area (Å²) in [6, 6.07) is 4.61. The van der Waals surface area contributed by atoms with Crippen LogP contribution >= 0.6 is 0 Å². The van der Waals surface area contributed by atoms with E-state index in [1.54, 1.807) is 6.92 Å². The van der Waals surface area contributed by atoms with Gasteiger partial charge in [-0.05, 0) is 60.3 Å². The van der Waals surface area contributed by atoms with E-state index in [1.165, 1.54) is 67.7 Å². The molecule has 0 aliphatic heterocycles. The number of carbonyl (C=O) groups excluding carboxylic acids is 2. The van der Waals surface area contributed by atoms with E-state index in [-0.39, 0.29) is 11.9 Å². The SMILES string of the molecule is CCOC(=O)C1(NC(C)=O)Cc2cc3c(cc2C1)CC1(CCCC1)C3. The number of rotatable bonds is 3. The molecule has 1 saturated carbocycles. The van der Waals surface area contributed by atoms with Crippen LogP contribution < -0.4 is 5.32 Å². The Morgan fingerprint density at radius 1 is 1.00 bits per heavy atom. The minimum absolute atomic E-state index is 0.182. The minimum atomic E-state index is -0.926. The Kier molecular flexibility index (Phi) is 3.89. The van der Waals surface area contributed by atoms with Gasteiger partial charge < -0.3 is 10.1 Å². The van der Waals surface area contributed by atoms with E-state index in [0.717, 1.165) is 0 Å². The topological polar surface area (TPSA) is 55.4 Å². The molecule has 1 aromatic carbocycles. The van der Waals surface area contributed by atoms with E-state index in [1.807, 2.05) is 0 Å². The number of nitrogens with one attached hydrogen (secondary N) is 1. The van der Waals surface area contributed by atoms with Crippen LogP contribution in [0.3, 0.4) is 0 Å². The Morgan fingerprint density at radius 3 is 2.00 bits per heavy atom. The van der Waals surface area contributed by atoms with Crippen LogP contribution in [0, 0.1) is 5.41 Å². The van der Waals surface area contributed by atoms with Crippen molar-refractivity contribution in [3.05, 3.63) is 34.4 Å². The fourth-order valence-corrected chi connectivity index (χ4v) is 5.40. The highest BCUT2D eigenvalue weighted by molar-refractivity contribution is 5.89. The molecule has 0 saturated heterocycles. The molecule has 1 spiro atoms. The lowest BCUT2D eigenvalue weighted by molar-refractivity contribution is -0.152. The second-order valence-corrected chi connectivity index (χ2v) is 8.29. The van der Waals surface area contributed by atoms with E-state index in [2.05, 4.69) is 17.4 Å². The van der Waals surface area contributed by atoms with Crippen LogP contribution in [0.4, 0.5) is 0 Å². The molecule has 1 N–H and O–H groups in total. The van der Waals surface area contributed by atoms with Gasteiger partial charge in [-0.2, -0.15) is 0 Å². The number of hydrogen-bond acceptors (Lipinski definition) is 3. The monoisotopic (exact) mass is 341 g/mol. The van der Waals surface area contributed by atoms with Crippen molar-refractivity contribution in [2.24, 2.45) is 5.41 Å². The first kappa shape index (κ1) is 16.6. The summed E-state index contributed by atoms with van der Waals surface area (Å²) < 4.78 is 5.28. The number of benzene rings is 1. The molecule has 4 rings (SSSR count). The second kappa shape index (κ2) is 5.86. The molecule has 0 heterocycles. The summed E-state index contributed by atoms with van der Waals surface area (Å²) >= 11 is 0. The van der Waals surface area contributed by atoms with Gasteiger partial charge in [0.1, 0.15) is 5.54 Å². The molecule has 0 unspecified atom stereocenters. The Morgan fingerprint density at radius 2 is 1.52 bits per heavy atom. The van der Waals surface area contributed by atoms with Crippen molar-refractivity contribution in [1.82, 2.24) is 5.32 Å². The molecule has 3 aliphatic rings. The molecular formula is C21H27NO3. The van der Waals surface area contributed by atoms with Crippen LogP contribution in [-0.4, -0.2) is 24.0 Å². The van der Waals surface area contributed by atoms with Gasteiger partial charge in [0.2, 0.25) is 5.91 Å². The molecule has 0 atom stereocenters. The first-order valence-electron chi connectivity index (χ1n) is 9.55. The normalized spacial score (nSPS) is 21.8. The van der Waals surface area contributed by atoms with E-state index in [4.69, 9.17) is 4.74 Å². The van der Waals surface area contributed by atoms with Crippen molar-refractivity contribution in [1.29, 1.82) is 0 Å². The Bertz CT molecular complexity index is 694. The van der Waals surface area contributed by atoms with Gasteiger partial charge >= 0.3 is 5.97 Å². The van der Waals surface area contributed by atoms with Gasteiger partial charge in [-0.25, -0.2) is 4.79 Å². The average molecular weight is 341 g/mol. The lowest BCUT2D eigenvalue weighted by Crippen LogP contribution is -2.55. The lowest BCUT2D eigenvalue weighted by atomic mass is 9.83. The fourth-order valence-electron chi connectivity index (χ4n) is 5.40. The smallest absolute Gasteiger partial charge is 0.332 e. The Labute approximate surface area is 149 Å². The van der Waals surface area contributed by atoms with Gasteiger partial charge in [0.15, 0.2) is 0 Å². The summed E-state index contributed by atoms with van der Waals surface area (Å²) in [6.07, 6.45) is 8.88. The summed E-state index contributed by atoms with van der Waals surface area (Å²) in [5.41, 5.74) is 4.91. The summed E-state index contributed by atoms with van der Waals surface area (Å²) in [6.45, 7) is 3.60. The second-order valence-electron chi connectivity index (χ2n) is 8.29. The van der Waals surface area contributed by atoms with E-state index < -0.39 is 5.54 Å². The van der Waals surface area contributed by atoms with Crippen molar-refractivity contribution in [3.8, 4) is 0 Å². The molecule has 134 valence electrons. The van der Waals surface area contributed by atoms with Crippen LogP contribution in [0.15, 0.2) is 12.1 Å². The Balaban J connectivity index is 1.63. The lowest BCUT2D eigenvalue weighted by Gasteiger charge is -2.27. The van der Waals surface area contributed by atoms with E-state index >= 15 is 0 Å². The molecule has 0 aromatic heterocycles. The number of carbonyl (C=O) groups is 2. The summed E-state index contributed by atoms with van der Waals surface area (Å²) in [4.78, 5) is 24.3. The van der Waals surface area contributed by atoms with Gasteiger partial charge in [0.05, 0.1) is 6.61 Å². The van der Waals surface area contributed by atoms with Crippen LogP contribution in [0.2, 0.25) is 0 Å². The van der Waals surface area contributed by atoms with Gasteiger partial charge in [-0.15, -0.1) is 0 Å². The first-order chi connectivity index (χ1) is 12.0. The predicted octanol–water partition coefficient (Wildman–Crippen LogP) is 2.88. The highest BCUT2D eigenvalue weighted by Crippen LogP contribution is 2.50. The highest BCUT2D eigenvalue weighted by Gasteiger charge is 2.47. The average Bonchev–Trinajstić information content (AvgIpc) is 3.21. The molecule has 25 heavy (non-hydrogen) atoms. The molecule has 0 radical (unpaired) electrons. The van der Waals surface area contributed by atoms with Crippen LogP contribution in [-0.2, 0) is 40.0 Å². The molecule has 1 amide bonds. The van der Waals surface area contributed by atoms with Gasteiger partial charge in [0, 0.05) is 19.8 Å². The first-order valence-corrected chi connectivity index (χ1v) is 9.55. The molecule has 0 bridgehead atoms. The van der Waals surface area contributed by atoms with E-state index in [9.17, 15) is 9.59 Å². The van der Waals surface area contributed by atoms with Crippen molar-refractivity contribution in [3.63, 3.8) is 0 Å². The maximum absolute atomic E-state index is 12.6. The van der Waals surface area contributed by atoms with Gasteiger partial charge in [0.25, 0.3) is 0 Å². The molecular weight excluding hydrogens is 314 g/mol. The number of esters is 1. The van der Waals surface area contributed by atoms with Crippen LogP contribution in [0.25, 0.3) is 0 Å². The quantitative estimate of drug-likeness (QED) is 0.860. The molecule has 1 fully saturated rings. The number of hydrogen-bond donors (Lipinski definition) is 1. The van der Waals surface area contributed by atoms with Gasteiger partial charge in [-0.1, -0.05) is 25.0 Å². The van der Waals surface area contributed by atoms with Crippen molar-refractivity contribution < 1.29 is 14.3 Å². The standard InChI is InChI=1S/C21H27NO3/c1-3-25-19(24)21(22-14(2)23)12-17-8-15-10-20(6-4-5-7-20)11-16(15)9-18(17)13-21/h8-9H,3-7,10-13H2,1-2H3,(H,22,23). The zero-order valence-corrected chi connectivity index (χ0v) is 15.2. The van der Waals surface area contributed by atoms with Crippen molar-refractivity contribution in [2.75, 3.05) is 6.61 Å². The summed E-state index contributed by atoms with van der Waals surface area (Å²) in [7, 11) is 0. The highest BCUT2D eigenvalue weighted by atomic mass is 16.5. The summed E-state index contributed by atoms with van der Waals surface area (Å²) in [5, 5.41) is 2.90. The number of fused-ring (bicyclic) bond motifs is 2. The Hall–Kier alpha value is -1.84. The maximum Gasteiger partial charge on any atom is 0.332 e. The number of amides is 1.